The predicted octanol–water partition coefficient (Wildman–Crippen LogP) is 2.56. The summed E-state index contributed by atoms with van der Waals surface area (Å²) >= 11 is 1.92. The highest BCUT2D eigenvalue weighted by Gasteiger charge is 2.19. The second-order valence-corrected chi connectivity index (χ2v) is 6.80. The van der Waals surface area contributed by atoms with Crippen molar-refractivity contribution in [1.29, 1.82) is 0 Å². The quantitative estimate of drug-likeness (QED) is 0.390. The smallest absolute Gasteiger partial charge is 0.191 e. The van der Waals surface area contributed by atoms with Crippen molar-refractivity contribution in [2.75, 3.05) is 45.2 Å². The first kappa shape index (κ1) is 18.6. The average Bonchev–Trinajstić information content (AvgIpc) is 2.52. The zero-order chi connectivity index (χ0) is 15.3. The molecule has 1 aliphatic rings. The lowest BCUT2D eigenvalue weighted by atomic mass is 10.0. The summed E-state index contributed by atoms with van der Waals surface area (Å²) in [5, 5.41) is 7.02. The molecule has 0 spiro atoms. The van der Waals surface area contributed by atoms with Gasteiger partial charge in [0.2, 0.25) is 0 Å². The van der Waals surface area contributed by atoms with Crippen molar-refractivity contribution in [2.45, 2.75) is 51.5 Å². The topological polar surface area (TPSA) is 39.7 Å². The molecular weight excluding hydrogens is 280 g/mol. The fourth-order valence-corrected chi connectivity index (χ4v) is 3.14. The van der Waals surface area contributed by atoms with E-state index in [2.05, 4.69) is 33.7 Å². The van der Waals surface area contributed by atoms with Crippen LogP contribution < -0.4 is 10.6 Å². The molecule has 0 bridgehead atoms. The van der Waals surface area contributed by atoms with Crippen LogP contribution in [0.4, 0.5) is 0 Å². The summed E-state index contributed by atoms with van der Waals surface area (Å²) in [7, 11) is 1.87. The Morgan fingerprint density at radius 3 is 2.62 bits per heavy atom. The summed E-state index contributed by atoms with van der Waals surface area (Å²) < 4.78 is 0. The van der Waals surface area contributed by atoms with Gasteiger partial charge >= 0.3 is 0 Å². The molecule has 4 nitrogen and oxygen atoms in total. The summed E-state index contributed by atoms with van der Waals surface area (Å²) in [5.41, 5.74) is 0. The second-order valence-electron chi connectivity index (χ2n) is 5.81. The monoisotopic (exact) mass is 314 g/mol. The Balaban J connectivity index is 2.14. The lowest BCUT2D eigenvalue weighted by Crippen LogP contribution is -2.48. The van der Waals surface area contributed by atoms with Crippen LogP contribution >= 0.6 is 11.8 Å². The van der Waals surface area contributed by atoms with Crippen LogP contribution in [0.5, 0.6) is 0 Å². The van der Waals surface area contributed by atoms with E-state index >= 15 is 0 Å². The number of thioether (sulfide) groups is 1. The number of likely N-dealkylation sites (tertiary alicyclic amines) is 1. The largest absolute Gasteiger partial charge is 0.356 e. The molecule has 0 amide bonds. The Morgan fingerprint density at radius 1 is 1.24 bits per heavy atom. The lowest BCUT2D eigenvalue weighted by Gasteiger charge is -2.33. The molecule has 124 valence electrons. The Morgan fingerprint density at radius 2 is 2.00 bits per heavy atom. The van der Waals surface area contributed by atoms with Gasteiger partial charge in [0.05, 0.1) is 0 Å². The summed E-state index contributed by atoms with van der Waals surface area (Å²) in [6.45, 7) is 7.01. The number of piperidine rings is 1. The van der Waals surface area contributed by atoms with Gasteiger partial charge in [0.25, 0.3) is 0 Å². The predicted molar refractivity (Wildman–Crippen MR) is 96.5 cm³/mol. The molecule has 0 aromatic heterocycles. The van der Waals surface area contributed by atoms with Gasteiger partial charge in [0.1, 0.15) is 0 Å². The first-order valence-corrected chi connectivity index (χ1v) is 9.88. The summed E-state index contributed by atoms with van der Waals surface area (Å²) in [4.78, 5) is 6.94. The second kappa shape index (κ2) is 12.2. The van der Waals surface area contributed by atoms with Crippen molar-refractivity contribution >= 4 is 17.7 Å². The number of nitrogens with zero attached hydrogens (tertiary/aromatic N) is 2. The zero-order valence-corrected chi connectivity index (χ0v) is 15.0. The number of guanidine groups is 1. The molecule has 1 heterocycles. The molecule has 0 aliphatic carbocycles. The number of rotatable bonds is 9. The van der Waals surface area contributed by atoms with Crippen molar-refractivity contribution in [2.24, 2.45) is 4.99 Å². The maximum Gasteiger partial charge on any atom is 0.191 e. The van der Waals surface area contributed by atoms with Crippen LogP contribution in [0.1, 0.15) is 45.4 Å². The summed E-state index contributed by atoms with van der Waals surface area (Å²) in [5.74, 6) is 2.23. The van der Waals surface area contributed by atoms with E-state index in [9.17, 15) is 0 Å². The molecule has 0 radical (unpaired) electrons. The molecule has 1 fully saturated rings. The van der Waals surface area contributed by atoms with Crippen LogP contribution in [-0.2, 0) is 0 Å². The molecule has 5 heteroatoms. The van der Waals surface area contributed by atoms with Gasteiger partial charge in [-0.2, -0.15) is 11.8 Å². The molecule has 1 saturated heterocycles. The van der Waals surface area contributed by atoms with Gasteiger partial charge in [0.15, 0.2) is 5.96 Å². The molecule has 0 unspecified atom stereocenters. The first-order valence-electron chi connectivity index (χ1n) is 8.48. The highest BCUT2D eigenvalue weighted by Crippen LogP contribution is 2.11. The number of hydrogen-bond donors (Lipinski definition) is 2. The van der Waals surface area contributed by atoms with Crippen molar-refractivity contribution in [3.63, 3.8) is 0 Å². The van der Waals surface area contributed by atoms with Crippen molar-refractivity contribution < 1.29 is 0 Å². The normalized spacial score (nSPS) is 18.0. The van der Waals surface area contributed by atoms with Gasteiger partial charge in [0, 0.05) is 32.7 Å². The van der Waals surface area contributed by atoms with Crippen molar-refractivity contribution in [3.8, 4) is 0 Å². The fourth-order valence-electron chi connectivity index (χ4n) is 2.65. The average molecular weight is 315 g/mol. The third-order valence-electron chi connectivity index (χ3n) is 4.05. The van der Waals surface area contributed by atoms with Gasteiger partial charge < -0.3 is 15.5 Å². The van der Waals surface area contributed by atoms with E-state index in [-0.39, 0.29) is 0 Å². The van der Waals surface area contributed by atoms with Crippen LogP contribution in [0.2, 0.25) is 0 Å². The SMILES string of the molecule is CCCCN1CCC(NC(=NC)NCCCCSC)CC1. The van der Waals surface area contributed by atoms with E-state index in [4.69, 9.17) is 0 Å². The lowest BCUT2D eigenvalue weighted by molar-refractivity contribution is 0.203. The Hall–Kier alpha value is -0.420. The number of unbranched alkanes of at least 4 members (excludes halogenated alkanes) is 2. The molecule has 0 aromatic carbocycles. The van der Waals surface area contributed by atoms with E-state index in [1.807, 2.05) is 18.8 Å². The number of hydrogen-bond acceptors (Lipinski definition) is 3. The summed E-state index contributed by atoms with van der Waals surface area (Å²) in [6, 6.07) is 0.584. The Kier molecular flexibility index (Phi) is 10.8. The Bertz CT molecular complexity index is 275. The van der Waals surface area contributed by atoms with Crippen LogP contribution in [0.3, 0.4) is 0 Å². The highest BCUT2D eigenvalue weighted by molar-refractivity contribution is 7.98. The molecule has 21 heavy (non-hydrogen) atoms. The molecule has 1 aliphatic heterocycles. The maximum absolute atomic E-state index is 4.34. The molecule has 2 N–H and O–H groups in total. The van der Waals surface area contributed by atoms with E-state index in [1.165, 1.54) is 63.9 Å². The molecule has 0 atom stereocenters. The fraction of sp³-hybridized carbons (Fsp3) is 0.938. The van der Waals surface area contributed by atoms with Crippen molar-refractivity contribution in [1.82, 2.24) is 15.5 Å². The molecular formula is C16H34N4S. The highest BCUT2D eigenvalue weighted by atomic mass is 32.2. The van der Waals surface area contributed by atoms with E-state index in [0.717, 1.165) is 12.5 Å². The van der Waals surface area contributed by atoms with Gasteiger partial charge in [-0.15, -0.1) is 0 Å². The molecule has 0 saturated carbocycles. The standard InChI is InChI=1S/C16H34N4S/c1-4-5-11-20-12-8-15(9-13-20)19-16(17-2)18-10-6-7-14-21-3/h15H,4-14H2,1-3H3,(H2,17,18,19). The van der Waals surface area contributed by atoms with Crippen LogP contribution in [0, 0.1) is 0 Å². The van der Waals surface area contributed by atoms with Crippen LogP contribution in [0.15, 0.2) is 4.99 Å². The zero-order valence-electron chi connectivity index (χ0n) is 14.2. The van der Waals surface area contributed by atoms with E-state index in [1.54, 1.807) is 0 Å². The first-order chi connectivity index (χ1) is 10.3. The number of nitrogens with one attached hydrogen (secondary N) is 2. The van der Waals surface area contributed by atoms with Gasteiger partial charge in [-0.05, 0) is 50.7 Å². The number of aliphatic imine (C=N–C) groups is 1. The molecule has 1 rings (SSSR count). The minimum absolute atomic E-state index is 0.584. The van der Waals surface area contributed by atoms with E-state index < -0.39 is 0 Å². The van der Waals surface area contributed by atoms with Crippen LogP contribution in [-0.4, -0.2) is 62.1 Å². The molecule has 0 aromatic rings. The third kappa shape index (κ3) is 8.57. The van der Waals surface area contributed by atoms with Crippen molar-refractivity contribution in [3.05, 3.63) is 0 Å². The summed E-state index contributed by atoms with van der Waals surface area (Å²) in [6.07, 6.45) is 9.76. The van der Waals surface area contributed by atoms with Gasteiger partial charge in [-0.25, -0.2) is 0 Å². The van der Waals surface area contributed by atoms with E-state index in [0.29, 0.717) is 6.04 Å². The van der Waals surface area contributed by atoms with Gasteiger partial charge in [-0.3, -0.25) is 4.99 Å². The maximum atomic E-state index is 4.34. The minimum Gasteiger partial charge on any atom is -0.356 e. The third-order valence-corrected chi connectivity index (χ3v) is 4.74. The van der Waals surface area contributed by atoms with Gasteiger partial charge in [-0.1, -0.05) is 13.3 Å². The minimum atomic E-state index is 0.584. The van der Waals surface area contributed by atoms with Crippen LogP contribution in [0.25, 0.3) is 0 Å². The Labute approximate surface area is 135 Å².